The van der Waals surface area contributed by atoms with Crippen LogP contribution in [0.25, 0.3) is 0 Å². The zero-order valence-electron chi connectivity index (χ0n) is 19.6. The van der Waals surface area contributed by atoms with Crippen molar-refractivity contribution in [3.63, 3.8) is 0 Å². The van der Waals surface area contributed by atoms with Gasteiger partial charge in [0.15, 0.2) is 0 Å². The van der Waals surface area contributed by atoms with Crippen molar-refractivity contribution >= 4 is 17.4 Å². The number of fused-ring (bicyclic) bond motifs is 1. The van der Waals surface area contributed by atoms with Gasteiger partial charge in [0.05, 0.1) is 18.5 Å². The molecule has 0 unspecified atom stereocenters. The first kappa shape index (κ1) is 22.3. The smallest absolute Gasteiger partial charge is 0.224 e. The lowest BCUT2D eigenvalue weighted by Gasteiger charge is -2.27. The van der Waals surface area contributed by atoms with Crippen LogP contribution in [0, 0.1) is 0 Å². The van der Waals surface area contributed by atoms with E-state index >= 15 is 0 Å². The Hall–Kier alpha value is -2.87. The summed E-state index contributed by atoms with van der Waals surface area (Å²) in [6.07, 6.45) is 2.33. The Kier molecular flexibility index (Phi) is 6.79. The average molecular weight is 439 g/mol. The summed E-state index contributed by atoms with van der Waals surface area (Å²) in [5.74, 6) is 3.00. The topological polar surface area (TPSA) is 73.8 Å². The molecule has 0 bridgehead atoms. The molecule has 172 valence electrons. The van der Waals surface area contributed by atoms with Crippen molar-refractivity contribution in [1.29, 1.82) is 0 Å². The Morgan fingerprint density at radius 2 is 2.09 bits per heavy atom. The largest absolute Gasteiger partial charge is 0.495 e. The third-order valence-corrected chi connectivity index (χ3v) is 6.57. The molecule has 2 aliphatic heterocycles. The molecule has 1 aromatic carbocycles. The van der Waals surface area contributed by atoms with E-state index < -0.39 is 0 Å². The number of hydrogen-bond acceptors (Lipinski definition) is 7. The van der Waals surface area contributed by atoms with Gasteiger partial charge in [-0.15, -0.1) is 0 Å². The number of likely N-dealkylation sites (tertiary alicyclic amines) is 1. The normalized spacial score (nSPS) is 18.4. The molecule has 0 aliphatic carbocycles. The summed E-state index contributed by atoms with van der Waals surface area (Å²) < 4.78 is 5.44. The fourth-order valence-corrected chi connectivity index (χ4v) is 4.64. The molecule has 1 aromatic heterocycles. The molecule has 1 amide bonds. The second-order valence-electron chi connectivity index (χ2n) is 8.76. The first-order valence-electron chi connectivity index (χ1n) is 11.4. The zero-order valence-corrected chi connectivity index (χ0v) is 19.6. The maximum absolute atomic E-state index is 12.9. The number of methoxy groups -OCH3 is 1. The highest BCUT2D eigenvalue weighted by Crippen LogP contribution is 2.30. The number of benzene rings is 1. The molecule has 1 fully saturated rings. The molecule has 2 aliphatic rings. The van der Waals surface area contributed by atoms with Crippen LogP contribution in [0.1, 0.15) is 35.8 Å². The second-order valence-corrected chi connectivity index (χ2v) is 8.76. The number of amides is 1. The highest BCUT2D eigenvalue weighted by atomic mass is 16.5. The molecule has 8 heteroatoms. The minimum Gasteiger partial charge on any atom is -0.495 e. The Labute approximate surface area is 190 Å². The molecule has 32 heavy (non-hydrogen) atoms. The van der Waals surface area contributed by atoms with E-state index in [0.29, 0.717) is 19.5 Å². The minimum atomic E-state index is 0.183. The molecular weight excluding hydrogens is 404 g/mol. The minimum absolute atomic E-state index is 0.183. The van der Waals surface area contributed by atoms with Crippen LogP contribution >= 0.6 is 0 Å². The van der Waals surface area contributed by atoms with E-state index in [9.17, 15) is 4.79 Å². The number of likely N-dealkylation sites (N-methyl/N-ethyl adjacent to an activating group) is 1. The van der Waals surface area contributed by atoms with Crippen LogP contribution in [0.2, 0.25) is 0 Å². The molecule has 0 saturated carbocycles. The first-order valence-corrected chi connectivity index (χ1v) is 11.4. The monoisotopic (exact) mass is 438 g/mol. The van der Waals surface area contributed by atoms with Crippen LogP contribution in [-0.2, 0) is 17.8 Å². The first-order chi connectivity index (χ1) is 15.5. The molecule has 1 N–H and O–H groups in total. The summed E-state index contributed by atoms with van der Waals surface area (Å²) in [7, 11) is 7.71. The van der Waals surface area contributed by atoms with E-state index in [1.165, 1.54) is 5.56 Å². The lowest BCUT2D eigenvalue weighted by Crippen LogP contribution is -2.32. The van der Waals surface area contributed by atoms with E-state index in [1.807, 2.05) is 43.3 Å². The molecule has 1 atom stereocenters. The number of nitrogens with one attached hydrogen (secondary N) is 1. The van der Waals surface area contributed by atoms with Crippen molar-refractivity contribution in [3.8, 4) is 5.75 Å². The van der Waals surface area contributed by atoms with E-state index in [1.54, 1.807) is 7.11 Å². The number of anilines is 2. The standard InChI is InChI=1S/C24H34N6O2/c1-25-24-18-16-28(2)12-10-19(18)26-23(27-24)17-9-14-30(15-17)22(31)11-13-29(3)20-7-5-6-8-21(20)32-4/h5-8,17H,9-16H2,1-4H3,(H,25,26,27)/t17-/m0/s1. The highest BCUT2D eigenvalue weighted by Gasteiger charge is 2.31. The van der Waals surface area contributed by atoms with Crippen molar-refractivity contribution in [3.05, 3.63) is 41.3 Å². The summed E-state index contributed by atoms with van der Waals surface area (Å²) in [5.41, 5.74) is 3.35. The molecule has 1 saturated heterocycles. The van der Waals surface area contributed by atoms with Crippen LogP contribution in [0.15, 0.2) is 24.3 Å². The molecule has 2 aromatic rings. The van der Waals surface area contributed by atoms with Gasteiger partial charge in [0.2, 0.25) is 5.91 Å². The molecule has 4 rings (SSSR count). The number of carbonyl (C=O) groups excluding carboxylic acids is 1. The Bertz CT molecular complexity index is 948. The number of rotatable bonds is 7. The van der Waals surface area contributed by atoms with Crippen LogP contribution in [0.5, 0.6) is 5.75 Å². The van der Waals surface area contributed by atoms with Gasteiger partial charge in [-0.2, -0.15) is 0 Å². The van der Waals surface area contributed by atoms with Crippen LogP contribution in [-0.4, -0.2) is 80.1 Å². The lowest BCUT2D eigenvalue weighted by molar-refractivity contribution is -0.129. The van der Waals surface area contributed by atoms with Gasteiger partial charge in [-0.1, -0.05) is 12.1 Å². The van der Waals surface area contributed by atoms with Gasteiger partial charge >= 0.3 is 0 Å². The maximum atomic E-state index is 12.9. The molecule has 0 spiro atoms. The van der Waals surface area contributed by atoms with Crippen LogP contribution in [0.3, 0.4) is 0 Å². The number of para-hydroxylation sites is 2. The number of nitrogens with zero attached hydrogens (tertiary/aromatic N) is 5. The quantitative estimate of drug-likeness (QED) is 0.711. The average Bonchev–Trinajstić information content (AvgIpc) is 3.32. The number of hydrogen-bond donors (Lipinski definition) is 1. The number of aromatic nitrogens is 2. The van der Waals surface area contributed by atoms with Crippen molar-refractivity contribution in [2.24, 2.45) is 0 Å². The number of carbonyl (C=O) groups is 1. The predicted octanol–water partition coefficient (Wildman–Crippen LogP) is 2.36. The highest BCUT2D eigenvalue weighted by molar-refractivity contribution is 5.77. The fraction of sp³-hybridized carbons (Fsp3) is 0.542. The van der Waals surface area contributed by atoms with E-state index in [2.05, 4.69) is 22.2 Å². The zero-order chi connectivity index (χ0) is 22.7. The third-order valence-electron chi connectivity index (χ3n) is 6.57. The Balaban J connectivity index is 1.38. The van der Waals surface area contributed by atoms with E-state index in [4.69, 9.17) is 14.7 Å². The van der Waals surface area contributed by atoms with Gasteiger partial charge in [0.25, 0.3) is 0 Å². The maximum Gasteiger partial charge on any atom is 0.224 e. The summed E-state index contributed by atoms with van der Waals surface area (Å²) in [5, 5.41) is 3.26. The van der Waals surface area contributed by atoms with Crippen molar-refractivity contribution in [2.45, 2.75) is 31.7 Å². The van der Waals surface area contributed by atoms with Gasteiger partial charge in [0.1, 0.15) is 17.4 Å². The summed E-state index contributed by atoms with van der Waals surface area (Å²) >= 11 is 0. The van der Waals surface area contributed by atoms with Crippen molar-refractivity contribution in [2.75, 3.05) is 64.6 Å². The van der Waals surface area contributed by atoms with Gasteiger partial charge in [-0.25, -0.2) is 9.97 Å². The predicted molar refractivity (Wildman–Crippen MR) is 126 cm³/mol. The number of ether oxygens (including phenoxy) is 1. The van der Waals surface area contributed by atoms with Gasteiger partial charge in [0, 0.05) is 71.1 Å². The van der Waals surface area contributed by atoms with Crippen molar-refractivity contribution < 1.29 is 9.53 Å². The van der Waals surface area contributed by atoms with E-state index in [0.717, 1.165) is 61.2 Å². The molecule has 0 radical (unpaired) electrons. The SMILES string of the molecule is CNc1nc([C@H]2CCN(C(=O)CCN(C)c3ccccc3OC)C2)nc2c1CN(C)CC2. The van der Waals surface area contributed by atoms with Gasteiger partial charge < -0.3 is 24.8 Å². The van der Waals surface area contributed by atoms with Crippen LogP contribution < -0.4 is 15.0 Å². The van der Waals surface area contributed by atoms with Crippen molar-refractivity contribution in [1.82, 2.24) is 19.8 Å². The Morgan fingerprint density at radius 3 is 2.88 bits per heavy atom. The summed E-state index contributed by atoms with van der Waals surface area (Å²) in [6.45, 7) is 3.99. The summed E-state index contributed by atoms with van der Waals surface area (Å²) in [4.78, 5) is 29.0. The van der Waals surface area contributed by atoms with Gasteiger partial charge in [-0.05, 0) is 25.6 Å². The summed E-state index contributed by atoms with van der Waals surface area (Å²) in [6, 6.07) is 7.89. The molecule has 8 nitrogen and oxygen atoms in total. The lowest BCUT2D eigenvalue weighted by atomic mass is 10.0. The molecule has 3 heterocycles. The fourth-order valence-electron chi connectivity index (χ4n) is 4.64. The van der Waals surface area contributed by atoms with Crippen LogP contribution in [0.4, 0.5) is 11.5 Å². The Morgan fingerprint density at radius 1 is 1.28 bits per heavy atom. The van der Waals surface area contributed by atoms with E-state index in [-0.39, 0.29) is 11.8 Å². The van der Waals surface area contributed by atoms with Gasteiger partial charge in [-0.3, -0.25) is 4.79 Å². The second kappa shape index (κ2) is 9.73. The third kappa shape index (κ3) is 4.65. The molecular formula is C24H34N6O2.